The molecule has 6 heteroatoms. The first-order valence-corrected chi connectivity index (χ1v) is 9.03. The van der Waals surface area contributed by atoms with Crippen LogP contribution in [0.4, 0.5) is 4.79 Å². The lowest BCUT2D eigenvalue weighted by Crippen LogP contribution is -2.35. The topological polar surface area (TPSA) is 64.1 Å². The van der Waals surface area contributed by atoms with Crippen LogP contribution in [0.15, 0.2) is 0 Å². The number of alkyl carbamates (subject to hydrolysis) is 1. The Labute approximate surface area is 136 Å². The van der Waals surface area contributed by atoms with Gasteiger partial charge in [-0.2, -0.15) is 0 Å². The van der Waals surface area contributed by atoms with Gasteiger partial charge in [-0.25, -0.2) is 4.79 Å². The molecular formula is C16H27N3O2S. The predicted octanol–water partition coefficient (Wildman–Crippen LogP) is 4.56. The molecule has 0 spiro atoms. The zero-order chi connectivity index (χ0) is 16.2. The third-order valence-electron chi connectivity index (χ3n) is 3.47. The average Bonchev–Trinajstić information content (AvgIpc) is 3.14. The largest absolute Gasteiger partial charge is 0.444 e. The summed E-state index contributed by atoms with van der Waals surface area (Å²) in [4.78, 5) is 12.1. The molecule has 5 nitrogen and oxygen atoms in total. The third kappa shape index (κ3) is 5.55. The van der Waals surface area contributed by atoms with Gasteiger partial charge in [-0.15, -0.1) is 10.2 Å². The number of carbonyl (C=O) groups excluding carboxylic acids is 1. The first kappa shape index (κ1) is 17.2. The number of rotatable bonds is 7. The molecule has 1 heterocycles. The van der Waals surface area contributed by atoms with E-state index in [1.54, 1.807) is 11.3 Å². The van der Waals surface area contributed by atoms with Crippen molar-refractivity contribution in [1.29, 1.82) is 0 Å². The van der Waals surface area contributed by atoms with Gasteiger partial charge in [-0.05, 0) is 40.0 Å². The van der Waals surface area contributed by atoms with Gasteiger partial charge < -0.3 is 10.1 Å². The number of hydrogen-bond acceptors (Lipinski definition) is 5. The molecule has 1 amide bonds. The summed E-state index contributed by atoms with van der Waals surface area (Å²) >= 11 is 1.64. The Morgan fingerprint density at radius 1 is 1.36 bits per heavy atom. The number of aromatic nitrogens is 2. The lowest BCUT2D eigenvalue weighted by atomic mass is 10.1. The van der Waals surface area contributed by atoms with E-state index < -0.39 is 5.60 Å². The van der Waals surface area contributed by atoms with Gasteiger partial charge in [0.05, 0.1) is 6.04 Å². The van der Waals surface area contributed by atoms with Gasteiger partial charge in [0.25, 0.3) is 0 Å². The van der Waals surface area contributed by atoms with Crippen LogP contribution in [0.2, 0.25) is 0 Å². The molecule has 2 rings (SSSR count). The highest BCUT2D eigenvalue weighted by Crippen LogP contribution is 2.42. The van der Waals surface area contributed by atoms with Crippen molar-refractivity contribution in [3.63, 3.8) is 0 Å². The standard InChI is InChI=1S/C16H27N3O2S/c1-5-6-7-8-12(17-15(20)21-16(2,3)4)14-19-18-13(22-14)11-9-10-11/h11-12H,5-10H2,1-4H3,(H,17,20)/t12-/m0/s1. The molecule has 0 aliphatic heterocycles. The van der Waals surface area contributed by atoms with E-state index in [9.17, 15) is 4.79 Å². The van der Waals surface area contributed by atoms with Crippen LogP contribution in [0.3, 0.4) is 0 Å². The van der Waals surface area contributed by atoms with E-state index in [4.69, 9.17) is 4.74 Å². The van der Waals surface area contributed by atoms with Gasteiger partial charge in [0.15, 0.2) is 0 Å². The summed E-state index contributed by atoms with van der Waals surface area (Å²) in [5.74, 6) is 0.601. The molecule has 0 radical (unpaired) electrons. The van der Waals surface area contributed by atoms with Crippen LogP contribution in [-0.2, 0) is 4.74 Å². The van der Waals surface area contributed by atoms with Crippen molar-refractivity contribution in [3.05, 3.63) is 10.0 Å². The predicted molar refractivity (Wildman–Crippen MR) is 88.1 cm³/mol. The maximum atomic E-state index is 12.1. The van der Waals surface area contributed by atoms with Crippen molar-refractivity contribution >= 4 is 17.4 Å². The minimum Gasteiger partial charge on any atom is -0.444 e. The molecule has 1 N–H and O–H groups in total. The van der Waals surface area contributed by atoms with E-state index in [1.165, 1.54) is 12.8 Å². The fraction of sp³-hybridized carbons (Fsp3) is 0.812. The van der Waals surface area contributed by atoms with Gasteiger partial charge >= 0.3 is 6.09 Å². The smallest absolute Gasteiger partial charge is 0.408 e. The number of carbonyl (C=O) groups is 1. The molecule has 0 saturated heterocycles. The second kappa shape index (κ2) is 7.40. The molecule has 0 unspecified atom stereocenters. The second-order valence-corrected chi connectivity index (χ2v) is 7.99. The van der Waals surface area contributed by atoms with Gasteiger partial charge in [0.2, 0.25) is 0 Å². The SMILES string of the molecule is CCCCC[C@H](NC(=O)OC(C)(C)C)c1nnc(C2CC2)s1. The second-order valence-electron chi connectivity index (χ2n) is 6.95. The number of unbranched alkanes of at least 4 members (excludes halogenated alkanes) is 2. The van der Waals surface area contributed by atoms with E-state index >= 15 is 0 Å². The molecule has 1 fully saturated rings. The van der Waals surface area contributed by atoms with Crippen molar-refractivity contribution in [1.82, 2.24) is 15.5 Å². The van der Waals surface area contributed by atoms with Crippen LogP contribution < -0.4 is 5.32 Å². The Balaban J connectivity index is 1.99. The highest BCUT2D eigenvalue weighted by Gasteiger charge is 2.29. The molecule has 1 aromatic rings. The lowest BCUT2D eigenvalue weighted by molar-refractivity contribution is 0.0500. The first-order valence-electron chi connectivity index (χ1n) is 8.22. The fourth-order valence-corrected chi connectivity index (χ4v) is 3.29. The summed E-state index contributed by atoms with van der Waals surface area (Å²) in [7, 11) is 0. The van der Waals surface area contributed by atoms with Crippen LogP contribution in [0, 0.1) is 0 Å². The normalized spacial score (nSPS) is 16.4. The zero-order valence-electron chi connectivity index (χ0n) is 14.0. The number of amides is 1. The number of hydrogen-bond donors (Lipinski definition) is 1. The summed E-state index contributed by atoms with van der Waals surface area (Å²) in [6, 6.07) is -0.0913. The molecule has 1 aromatic heterocycles. The quantitative estimate of drug-likeness (QED) is 0.746. The van der Waals surface area contributed by atoms with Crippen molar-refractivity contribution in [2.45, 2.75) is 83.8 Å². The molecule has 1 saturated carbocycles. The van der Waals surface area contributed by atoms with Crippen molar-refractivity contribution in [2.24, 2.45) is 0 Å². The lowest BCUT2D eigenvalue weighted by Gasteiger charge is -2.22. The Morgan fingerprint density at radius 2 is 2.09 bits per heavy atom. The molecule has 1 aliphatic carbocycles. The number of nitrogens with one attached hydrogen (secondary N) is 1. The molecule has 124 valence electrons. The number of ether oxygens (including phenoxy) is 1. The van der Waals surface area contributed by atoms with Crippen molar-refractivity contribution in [2.75, 3.05) is 0 Å². The van der Waals surface area contributed by atoms with E-state index in [1.807, 2.05) is 20.8 Å². The third-order valence-corrected chi connectivity index (χ3v) is 4.67. The first-order chi connectivity index (χ1) is 10.4. The Kier molecular flexibility index (Phi) is 5.78. The maximum absolute atomic E-state index is 12.1. The monoisotopic (exact) mass is 325 g/mol. The summed E-state index contributed by atoms with van der Waals surface area (Å²) in [5.41, 5.74) is -0.488. The highest BCUT2D eigenvalue weighted by molar-refractivity contribution is 7.11. The van der Waals surface area contributed by atoms with Gasteiger partial charge in [-0.1, -0.05) is 37.5 Å². The molecule has 0 bridgehead atoms. The molecule has 1 aliphatic rings. The van der Waals surface area contributed by atoms with Gasteiger partial charge in [-0.3, -0.25) is 0 Å². The van der Waals surface area contributed by atoms with E-state index in [-0.39, 0.29) is 12.1 Å². The highest BCUT2D eigenvalue weighted by atomic mass is 32.1. The van der Waals surface area contributed by atoms with E-state index in [0.29, 0.717) is 5.92 Å². The van der Waals surface area contributed by atoms with Crippen molar-refractivity contribution < 1.29 is 9.53 Å². The molecule has 22 heavy (non-hydrogen) atoms. The molecular weight excluding hydrogens is 298 g/mol. The maximum Gasteiger partial charge on any atom is 0.408 e. The summed E-state index contributed by atoms with van der Waals surface area (Å²) in [6.45, 7) is 7.78. The summed E-state index contributed by atoms with van der Waals surface area (Å²) in [6.07, 6.45) is 6.31. The zero-order valence-corrected chi connectivity index (χ0v) is 14.8. The Morgan fingerprint density at radius 3 is 2.68 bits per heavy atom. The van der Waals surface area contributed by atoms with Crippen LogP contribution in [0.25, 0.3) is 0 Å². The fourth-order valence-electron chi connectivity index (χ4n) is 2.19. The van der Waals surface area contributed by atoms with Crippen LogP contribution >= 0.6 is 11.3 Å². The van der Waals surface area contributed by atoms with E-state index in [0.717, 1.165) is 35.7 Å². The van der Waals surface area contributed by atoms with Crippen LogP contribution in [0.5, 0.6) is 0 Å². The van der Waals surface area contributed by atoms with E-state index in [2.05, 4.69) is 22.4 Å². The van der Waals surface area contributed by atoms with Gasteiger partial charge in [0.1, 0.15) is 15.6 Å². The van der Waals surface area contributed by atoms with Gasteiger partial charge in [0, 0.05) is 5.92 Å². The molecule has 1 atom stereocenters. The Hall–Kier alpha value is -1.17. The van der Waals surface area contributed by atoms with Crippen LogP contribution in [0.1, 0.15) is 88.2 Å². The minimum absolute atomic E-state index is 0.0913. The average molecular weight is 325 g/mol. The Bertz CT molecular complexity index is 492. The van der Waals surface area contributed by atoms with Crippen LogP contribution in [-0.4, -0.2) is 21.9 Å². The minimum atomic E-state index is -0.488. The van der Waals surface area contributed by atoms with Crippen molar-refractivity contribution in [3.8, 4) is 0 Å². The summed E-state index contributed by atoms with van der Waals surface area (Å²) in [5, 5.41) is 13.6. The summed E-state index contributed by atoms with van der Waals surface area (Å²) < 4.78 is 5.37. The number of nitrogens with zero attached hydrogens (tertiary/aromatic N) is 2. The molecule has 0 aromatic carbocycles.